The third kappa shape index (κ3) is 1.83. The lowest BCUT2D eigenvalue weighted by Crippen LogP contribution is -2.19. The maximum Gasteiger partial charge on any atom is 0.0779 e. The first-order valence-electron chi connectivity index (χ1n) is 3.57. The van der Waals surface area contributed by atoms with E-state index in [9.17, 15) is 0 Å². The van der Waals surface area contributed by atoms with E-state index in [1.165, 1.54) is 24.8 Å². The van der Waals surface area contributed by atoms with Crippen LogP contribution in [0.5, 0.6) is 0 Å². The van der Waals surface area contributed by atoms with Gasteiger partial charge in [-0.2, -0.15) is 0 Å². The van der Waals surface area contributed by atoms with Gasteiger partial charge < -0.3 is 4.74 Å². The van der Waals surface area contributed by atoms with Gasteiger partial charge in [0.05, 0.1) is 6.10 Å². The Kier molecular flexibility index (Phi) is 2.29. The van der Waals surface area contributed by atoms with Gasteiger partial charge in [0.25, 0.3) is 0 Å². The molecule has 0 aromatic carbocycles. The molecule has 9 heavy (non-hydrogen) atoms. The van der Waals surface area contributed by atoms with Gasteiger partial charge in [-0.25, -0.2) is 0 Å². The van der Waals surface area contributed by atoms with Crippen LogP contribution in [0.4, 0.5) is 0 Å². The zero-order valence-electron chi connectivity index (χ0n) is 6.02. The van der Waals surface area contributed by atoms with E-state index in [4.69, 9.17) is 4.74 Å². The highest BCUT2D eigenvalue weighted by Gasteiger charge is 2.12. The summed E-state index contributed by atoms with van der Waals surface area (Å²) in [6.07, 6.45) is 4.06. The second kappa shape index (κ2) is 3.02. The molecule has 1 aliphatic heterocycles. The molecular weight excluding hydrogens is 112 g/mol. The lowest BCUT2D eigenvalue weighted by Gasteiger charge is -2.22. The van der Waals surface area contributed by atoms with Crippen LogP contribution in [0.25, 0.3) is 0 Å². The quantitative estimate of drug-likeness (QED) is 0.489. The maximum atomic E-state index is 5.44. The fourth-order valence-corrected chi connectivity index (χ4v) is 1.13. The summed E-state index contributed by atoms with van der Waals surface area (Å²) in [4.78, 5) is 0. The molecule has 0 amide bonds. The van der Waals surface area contributed by atoms with Crippen LogP contribution in [0.2, 0.25) is 0 Å². The number of hydrogen-bond acceptors (Lipinski definition) is 1. The minimum Gasteiger partial charge on any atom is -0.374 e. The van der Waals surface area contributed by atoms with Crippen molar-refractivity contribution < 1.29 is 4.74 Å². The molecule has 1 fully saturated rings. The van der Waals surface area contributed by atoms with E-state index in [0.717, 1.165) is 6.61 Å². The molecule has 1 heterocycles. The number of rotatable bonds is 1. The predicted octanol–water partition coefficient (Wildman–Crippen LogP) is 2.13. The Bertz CT molecular complexity index is 101. The minimum absolute atomic E-state index is 0.360. The monoisotopic (exact) mass is 126 g/mol. The van der Waals surface area contributed by atoms with Crippen molar-refractivity contribution in [3.05, 3.63) is 12.2 Å². The summed E-state index contributed by atoms with van der Waals surface area (Å²) in [6, 6.07) is 0. The zero-order chi connectivity index (χ0) is 6.69. The average Bonchev–Trinajstić information content (AvgIpc) is 1.90. The largest absolute Gasteiger partial charge is 0.374 e. The summed E-state index contributed by atoms with van der Waals surface area (Å²) in [5, 5.41) is 0. The lowest BCUT2D eigenvalue weighted by atomic mass is 10.0. The molecule has 0 aliphatic carbocycles. The van der Waals surface area contributed by atoms with Gasteiger partial charge >= 0.3 is 0 Å². The van der Waals surface area contributed by atoms with Gasteiger partial charge in [-0.1, -0.05) is 12.2 Å². The second-order valence-corrected chi connectivity index (χ2v) is 2.70. The first-order chi connectivity index (χ1) is 4.30. The molecule has 1 heteroatoms. The summed E-state index contributed by atoms with van der Waals surface area (Å²) in [6.45, 7) is 6.82. The van der Waals surface area contributed by atoms with Crippen LogP contribution in [0.1, 0.15) is 26.2 Å². The van der Waals surface area contributed by atoms with E-state index >= 15 is 0 Å². The summed E-state index contributed by atoms with van der Waals surface area (Å²) in [5.41, 5.74) is 1.18. The third-order valence-corrected chi connectivity index (χ3v) is 1.73. The molecule has 0 N–H and O–H groups in total. The van der Waals surface area contributed by atoms with Gasteiger partial charge in [-0.05, 0) is 26.2 Å². The van der Waals surface area contributed by atoms with Crippen LogP contribution in [0.15, 0.2) is 12.2 Å². The normalized spacial score (nSPS) is 27.9. The van der Waals surface area contributed by atoms with Crippen molar-refractivity contribution in [2.24, 2.45) is 0 Å². The van der Waals surface area contributed by atoms with Crippen molar-refractivity contribution in [1.82, 2.24) is 0 Å². The molecule has 0 spiro atoms. The predicted molar refractivity (Wildman–Crippen MR) is 38.4 cm³/mol. The van der Waals surface area contributed by atoms with Gasteiger partial charge in [0.1, 0.15) is 0 Å². The second-order valence-electron chi connectivity index (χ2n) is 2.70. The SMILES string of the molecule is C=C(C)C1CCCCO1. The molecule has 1 rings (SSSR count). The Balaban J connectivity index is 2.31. The van der Waals surface area contributed by atoms with Crippen LogP contribution in [-0.4, -0.2) is 12.7 Å². The highest BCUT2D eigenvalue weighted by molar-refractivity contribution is 4.98. The molecule has 52 valence electrons. The van der Waals surface area contributed by atoms with E-state index in [1.807, 2.05) is 6.92 Å². The molecular formula is C8H14O. The van der Waals surface area contributed by atoms with Crippen molar-refractivity contribution >= 4 is 0 Å². The molecule has 1 unspecified atom stereocenters. The maximum absolute atomic E-state index is 5.44. The smallest absolute Gasteiger partial charge is 0.0779 e. The molecule has 0 aromatic heterocycles. The fraction of sp³-hybridized carbons (Fsp3) is 0.750. The fourth-order valence-electron chi connectivity index (χ4n) is 1.13. The lowest BCUT2D eigenvalue weighted by molar-refractivity contribution is 0.0396. The van der Waals surface area contributed by atoms with Gasteiger partial charge in [0, 0.05) is 6.61 Å². The third-order valence-electron chi connectivity index (χ3n) is 1.73. The van der Waals surface area contributed by atoms with Crippen LogP contribution in [-0.2, 0) is 4.74 Å². The molecule has 0 bridgehead atoms. The Hall–Kier alpha value is -0.300. The van der Waals surface area contributed by atoms with E-state index < -0.39 is 0 Å². The van der Waals surface area contributed by atoms with Gasteiger partial charge in [-0.3, -0.25) is 0 Å². The highest BCUT2D eigenvalue weighted by atomic mass is 16.5. The van der Waals surface area contributed by atoms with E-state index in [-0.39, 0.29) is 0 Å². The Labute approximate surface area is 56.7 Å². The molecule has 1 atom stereocenters. The molecule has 0 aromatic rings. The molecule has 1 nitrogen and oxygen atoms in total. The summed E-state index contributed by atoms with van der Waals surface area (Å²) < 4.78 is 5.44. The van der Waals surface area contributed by atoms with Crippen LogP contribution < -0.4 is 0 Å². The standard InChI is InChI=1S/C8H14O/c1-7(2)8-5-3-4-6-9-8/h8H,1,3-6H2,2H3. The summed E-state index contributed by atoms with van der Waals surface area (Å²) >= 11 is 0. The first-order valence-corrected chi connectivity index (χ1v) is 3.57. The van der Waals surface area contributed by atoms with E-state index in [2.05, 4.69) is 6.58 Å². The number of hydrogen-bond donors (Lipinski definition) is 0. The van der Waals surface area contributed by atoms with Crippen LogP contribution in [0, 0.1) is 0 Å². The minimum atomic E-state index is 0.360. The van der Waals surface area contributed by atoms with Gasteiger partial charge in [0.15, 0.2) is 0 Å². The molecule has 0 saturated carbocycles. The van der Waals surface area contributed by atoms with Crippen molar-refractivity contribution in [2.75, 3.05) is 6.61 Å². The van der Waals surface area contributed by atoms with Crippen LogP contribution in [0.3, 0.4) is 0 Å². The molecule has 1 aliphatic rings. The van der Waals surface area contributed by atoms with Gasteiger partial charge in [0.2, 0.25) is 0 Å². The van der Waals surface area contributed by atoms with Crippen molar-refractivity contribution in [1.29, 1.82) is 0 Å². The average molecular weight is 126 g/mol. The van der Waals surface area contributed by atoms with E-state index in [1.54, 1.807) is 0 Å². The summed E-state index contributed by atoms with van der Waals surface area (Å²) in [5.74, 6) is 0. The van der Waals surface area contributed by atoms with Crippen molar-refractivity contribution in [2.45, 2.75) is 32.3 Å². The highest BCUT2D eigenvalue weighted by Crippen LogP contribution is 2.17. The Morgan fingerprint density at radius 1 is 1.56 bits per heavy atom. The van der Waals surface area contributed by atoms with Crippen molar-refractivity contribution in [3.8, 4) is 0 Å². The number of ether oxygens (including phenoxy) is 1. The van der Waals surface area contributed by atoms with Crippen LogP contribution >= 0.6 is 0 Å². The Morgan fingerprint density at radius 2 is 2.33 bits per heavy atom. The van der Waals surface area contributed by atoms with Gasteiger partial charge in [-0.15, -0.1) is 0 Å². The van der Waals surface area contributed by atoms with Crippen molar-refractivity contribution in [3.63, 3.8) is 0 Å². The summed E-state index contributed by atoms with van der Waals surface area (Å²) in [7, 11) is 0. The first kappa shape index (κ1) is 6.81. The molecule has 1 saturated heterocycles. The van der Waals surface area contributed by atoms with E-state index in [0.29, 0.717) is 6.10 Å². The topological polar surface area (TPSA) is 9.23 Å². The molecule has 0 radical (unpaired) electrons. The zero-order valence-corrected chi connectivity index (χ0v) is 6.02. The Morgan fingerprint density at radius 3 is 2.67 bits per heavy atom.